The van der Waals surface area contributed by atoms with E-state index >= 15 is 0 Å². The molecule has 0 N–H and O–H groups in total. The molecule has 3 aromatic rings. The lowest BCUT2D eigenvalue weighted by atomic mass is 10.1. The smallest absolute Gasteiger partial charge is 0.331 e. The number of rotatable bonds is 7. The van der Waals surface area contributed by atoms with Gasteiger partial charge in [0.15, 0.2) is 18.3 Å². The van der Waals surface area contributed by atoms with E-state index in [-0.39, 0.29) is 0 Å². The minimum Gasteiger partial charge on any atom is -0.454 e. The van der Waals surface area contributed by atoms with Crippen LogP contribution < -0.4 is 0 Å². The van der Waals surface area contributed by atoms with Gasteiger partial charge in [0.1, 0.15) is 10.2 Å². The molecule has 3 rings (SSSR count). The first-order chi connectivity index (χ1) is 14.4. The Morgan fingerprint density at radius 3 is 2.70 bits per heavy atom. The molecule has 0 fully saturated rings. The van der Waals surface area contributed by atoms with E-state index in [9.17, 15) is 14.9 Å². The van der Waals surface area contributed by atoms with Gasteiger partial charge in [-0.25, -0.2) is 14.5 Å². The van der Waals surface area contributed by atoms with E-state index < -0.39 is 24.3 Å². The Balaban J connectivity index is 1.65. The number of aryl methyl sites for hydroxylation is 2. The first-order valence-electron chi connectivity index (χ1n) is 8.90. The lowest BCUT2D eigenvalue weighted by Gasteiger charge is -2.05. The molecule has 152 valence electrons. The number of Topliss-reactive ketones (excluding diaryl/α,β-unsaturated/α-hetero) is 1. The third-order valence-electron chi connectivity index (χ3n) is 4.13. The predicted molar refractivity (Wildman–Crippen MR) is 114 cm³/mol. The van der Waals surface area contributed by atoms with Crippen molar-refractivity contribution in [3.05, 3.63) is 68.9 Å². The van der Waals surface area contributed by atoms with Crippen LogP contribution in [0.25, 0.3) is 11.8 Å². The fourth-order valence-electron chi connectivity index (χ4n) is 2.64. The topological polar surface area (TPSA) is 97.9 Å². The number of hydrogen-bond donors (Lipinski definition) is 0. The maximum atomic E-state index is 12.2. The fourth-order valence-corrected chi connectivity index (χ4v) is 3.83. The number of carbonyl (C=O) groups is 2. The van der Waals surface area contributed by atoms with Crippen LogP contribution in [0.3, 0.4) is 0 Å². The van der Waals surface area contributed by atoms with Gasteiger partial charge in [-0.2, -0.15) is 10.4 Å². The number of halogens is 1. The van der Waals surface area contributed by atoms with Crippen molar-refractivity contribution in [3.63, 3.8) is 0 Å². The number of thiazole rings is 1. The molecule has 0 radical (unpaired) electrons. The Kier molecular flexibility index (Phi) is 6.77. The zero-order valence-electron chi connectivity index (χ0n) is 16.2. The molecular weight excluding hydrogens is 424 g/mol. The van der Waals surface area contributed by atoms with Crippen molar-refractivity contribution in [1.82, 2.24) is 14.8 Å². The Bertz CT molecular complexity index is 1140. The van der Waals surface area contributed by atoms with Crippen LogP contribution in [-0.2, 0) is 14.3 Å². The van der Waals surface area contributed by atoms with Crippen LogP contribution in [0, 0.1) is 25.2 Å². The number of ether oxygens (including phenoxy) is 1. The summed E-state index contributed by atoms with van der Waals surface area (Å²) in [5, 5.41) is 16.1. The molecule has 0 unspecified atom stereocenters. The second-order valence-corrected chi connectivity index (χ2v) is 7.58. The summed E-state index contributed by atoms with van der Waals surface area (Å²) in [6.07, 6.45) is 2.66. The van der Waals surface area contributed by atoms with E-state index in [0.29, 0.717) is 21.4 Å². The summed E-state index contributed by atoms with van der Waals surface area (Å²) < 4.78 is 6.56. The molecule has 0 spiro atoms. The summed E-state index contributed by atoms with van der Waals surface area (Å²) in [4.78, 5) is 28.4. The van der Waals surface area contributed by atoms with Gasteiger partial charge in [0.05, 0.1) is 17.5 Å². The lowest BCUT2D eigenvalue weighted by molar-refractivity contribution is -0.143. The van der Waals surface area contributed by atoms with Crippen LogP contribution in [0.15, 0.2) is 41.8 Å². The SMILES string of the molecule is Cc1csc([C@@H](C#N)C(=O)COC(=O)/C=C/c2c(C)nn(-c3ccccc3)c2Cl)n1. The highest BCUT2D eigenvalue weighted by Gasteiger charge is 2.24. The zero-order chi connectivity index (χ0) is 21.7. The Labute approximate surface area is 182 Å². The molecule has 7 nitrogen and oxygen atoms in total. The predicted octanol–water partition coefficient (Wildman–Crippen LogP) is 4.03. The summed E-state index contributed by atoms with van der Waals surface area (Å²) in [5.41, 5.74) is 2.72. The Morgan fingerprint density at radius 1 is 1.33 bits per heavy atom. The van der Waals surface area contributed by atoms with E-state index in [1.165, 1.54) is 23.5 Å². The van der Waals surface area contributed by atoms with Gasteiger partial charge in [0.2, 0.25) is 0 Å². The largest absolute Gasteiger partial charge is 0.454 e. The van der Waals surface area contributed by atoms with Gasteiger partial charge in [-0.1, -0.05) is 29.8 Å². The molecule has 2 aromatic heterocycles. The molecule has 0 bridgehead atoms. The number of nitriles is 1. The Hall–Kier alpha value is -3.28. The highest BCUT2D eigenvalue weighted by molar-refractivity contribution is 7.09. The zero-order valence-corrected chi connectivity index (χ0v) is 17.8. The number of benzene rings is 1. The van der Waals surface area contributed by atoms with Crippen molar-refractivity contribution in [1.29, 1.82) is 5.26 Å². The van der Waals surface area contributed by atoms with Crippen molar-refractivity contribution in [2.45, 2.75) is 19.8 Å². The fraction of sp³-hybridized carbons (Fsp3) is 0.190. The standard InChI is InChI=1S/C21H17ClN4O3S/c1-13-12-30-21(24-13)17(10-23)18(27)11-29-19(28)9-8-16-14(2)25-26(20(16)22)15-6-4-3-5-7-15/h3-9,12,17H,11H2,1-2H3/b9-8+/t17-/m0/s1. The third kappa shape index (κ3) is 4.82. The van der Waals surface area contributed by atoms with Crippen molar-refractivity contribution in [3.8, 4) is 11.8 Å². The average molecular weight is 441 g/mol. The van der Waals surface area contributed by atoms with E-state index in [4.69, 9.17) is 16.3 Å². The highest BCUT2D eigenvalue weighted by Crippen LogP contribution is 2.25. The summed E-state index contributed by atoms with van der Waals surface area (Å²) in [7, 11) is 0. The normalized spacial score (nSPS) is 11.9. The molecular formula is C21H17ClN4O3S. The Morgan fingerprint density at radius 2 is 2.07 bits per heavy atom. The van der Waals surface area contributed by atoms with Gasteiger partial charge in [0, 0.05) is 22.7 Å². The van der Waals surface area contributed by atoms with Gasteiger partial charge >= 0.3 is 5.97 Å². The van der Waals surface area contributed by atoms with Crippen LogP contribution in [0.5, 0.6) is 0 Å². The maximum Gasteiger partial charge on any atom is 0.331 e. The van der Waals surface area contributed by atoms with E-state index in [0.717, 1.165) is 11.4 Å². The monoisotopic (exact) mass is 440 g/mol. The van der Waals surface area contributed by atoms with Crippen LogP contribution in [0.4, 0.5) is 0 Å². The number of para-hydroxylation sites is 1. The summed E-state index contributed by atoms with van der Waals surface area (Å²) >= 11 is 7.63. The van der Waals surface area contributed by atoms with Crippen molar-refractivity contribution >= 4 is 40.8 Å². The number of ketones is 1. The van der Waals surface area contributed by atoms with Crippen LogP contribution in [0.1, 0.15) is 27.9 Å². The molecule has 0 saturated heterocycles. The molecule has 0 aliphatic heterocycles. The molecule has 0 saturated carbocycles. The highest BCUT2D eigenvalue weighted by atomic mass is 35.5. The molecule has 1 aromatic carbocycles. The van der Waals surface area contributed by atoms with Crippen LogP contribution in [-0.4, -0.2) is 33.1 Å². The third-order valence-corrected chi connectivity index (χ3v) is 5.52. The molecule has 0 amide bonds. The second kappa shape index (κ2) is 9.48. The number of esters is 1. The van der Waals surface area contributed by atoms with Crippen LogP contribution in [0.2, 0.25) is 5.15 Å². The van der Waals surface area contributed by atoms with Gasteiger partial charge in [-0.05, 0) is 32.1 Å². The number of nitrogens with zero attached hydrogens (tertiary/aromatic N) is 4. The summed E-state index contributed by atoms with van der Waals surface area (Å²) in [6, 6.07) is 11.3. The van der Waals surface area contributed by atoms with Crippen molar-refractivity contribution in [2.75, 3.05) is 6.61 Å². The van der Waals surface area contributed by atoms with E-state index in [1.807, 2.05) is 36.4 Å². The van der Waals surface area contributed by atoms with Crippen LogP contribution >= 0.6 is 22.9 Å². The minimum absolute atomic E-state index is 0.350. The second-order valence-electron chi connectivity index (χ2n) is 6.33. The first kappa shape index (κ1) is 21.4. The number of aromatic nitrogens is 3. The van der Waals surface area contributed by atoms with Crippen molar-refractivity contribution < 1.29 is 14.3 Å². The average Bonchev–Trinajstić information content (AvgIpc) is 3.29. The molecule has 9 heteroatoms. The van der Waals surface area contributed by atoms with Gasteiger partial charge in [-0.15, -0.1) is 11.3 Å². The van der Waals surface area contributed by atoms with Gasteiger partial charge in [-0.3, -0.25) is 4.79 Å². The first-order valence-corrected chi connectivity index (χ1v) is 10.2. The van der Waals surface area contributed by atoms with Crippen molar-refractivity contribution in [2.24, 2.45) is 0 Å². The van der Waals surface area contributed by atoms with Gasteiger partial charge < -0.3 is 4.74 Å². The summed E-state index contributed by atoms with van der Waals surface area (Å²) in [6.45, 7) is 3.03. The summed E-state index contributed by atoms with van der Waals surface area (Å²) in [5.74, 6) is -2.31. The maximum absolute atomic E-state index is 12.2. The quantitative estimate of drug-likeness (QED) is 0.406. The minimum atomic E-state index is -1.05. The number of carbonyl (C=O) groups excluding carboxylic acids is 2. The number of hydrogen-bond acceptors (Lipinski definition) is 7. The van der Waals surface area contributed by atoms with E-state index in [1.54, 1.807) is 23.9 Å². The van der Waals surface area contributed by atoms with Gasteiger partial charge in [0.25, 0.3) is 0 Å². The van der Waals surface area contributed by atoms with E-state index in [2.05, 4.69) is 10.1 Å². The molecule has 2 heterocycles. The molecule has 0 aliphatic carbocycles. The molecule has 1 atom stereocenters. The molecule has 30 heavy (non-hydrogen) atoms. The lowest BCUT2D eigenvalue weighted by Crippen LogP contribution is -2.19. The molecule has 0 aliphatic rings.